The Morgan fingerprint density at radius 1 is 1.12 bits per heavy atom. The first-order valence-electron chi connectivity index (χ1n) is 10.4. The summed E-state index contributed by atoms with van der Waals surface area (Å²) in [6.45, 7) is 0.619. The van der Waals surface area contributed by atoms with Crippen LogP contribution in [0.3, 0.4) is 0 Å². The van der Waals surface area contributed by atoms with Gasteiger partial charge in [0, 0.05) is 37.1 Å². The topological polar surface area (TPSA) is 100 Å². The second-order valence-electron chi connectivity index (χ2n) is 8.42. The van der Waals surface area contributed by atoms with Crippen LogP contribution in [0.2, 0.25) is 0 Å². The van der Waals surface area contributed by atoms with Crippen LogP contribution in [0.5, 0.6) is 0 Å². The van der Waals surface area contributed by atoms with E-state index in [1.165, 1.54) is 10.5 Å². The highest BCUT2D eigenvalue weighted by molar-refractivity contribution is 7.88. The molecule has 33 heavy (non-hydrogen) atoms. The number of rotatable bonds is 5. The van der Waals surface area contributed by atoms with Crippen molar-refractivity contribution in [1.29, 1.82) is 0 Å². The molecule has 4 rings (SSSR count). The van der Waals surface area contributed by atoms with Gasteiger partial charge in [-0.15, -0.1) is 0 Å². The van der Waals surface area contributed by atoms with Gasteiger partial charge in [0.15, 0.2) is 5.82 Å². The van der Waals surface area contributed by atoms with Gasteiger partial charge in [-0.05, 0) is 31.7 Å². The molecule has 1 aliphatic heterocycles. The van der Waals surface area contributed by atoms with Crippen molar-refractivity contribution >= 4 is 32.7 Å². The fourth-order valence-corrected chi connectivity index (χ4v) is 5.01. The summed E-state index contributed by atoms with van der Waals surface area (Å²) in [5, 5.41) is 5.56. The molecule has 0 amide bonds. The number of sulfonamides is 1. The smallest absolute Gasteiger partial charge is 0.359 e. The van der Waals surface area contributed by atoms with Gasteiger partial charge in [-0.3, -0.25) is 0 Å². The van der Waals surface area contributed by atoms with Crippen LogP contribution in [-0.4, -0.2) is 65.0 Å². The maximum atomic E-state index is 14.1. The fourth-order valence-electron chi connectivity index (χ4n) is 4.14. The van der Waals surface area contributed by atoms with E-state index < -0.39 is 33.9 Å². The molecule has 1 unspecified atom stereocenters. The second kappa shape index (κ2) is 8.46. The molecule has 14 heteroatoms. The molecule has 0 bridgehead atoms. The Kier molecular flexibility index (Phi) is 6.10. The number of hydrogen-bond acceptors (Lipinski definition) is 7. The van der Waals surface area contributed by atoms with E-state index >= 15 is 0 Å². The van der Waals surface area contributed by atoms with Crippen LogP contribution >= 0.6 is 0 Å². The lowest BCUT2D eigenvalue weighted by atomic mass is 10.1. The molecule has 2 aromatic heterocycles. The van der Waals surface area contributed by atoms with Crippen LogP contribution in [0.4, 0.5) is 33.7 Å². The summed E-state index contributed by atoms with van der Waals surface area (Å²) in [5.41, 5.74) is -1.23. The molecule has 1 atom stereocenters. The molecule has 1 saturated heterocycles. The third-order valence-corrected chi connectivity index (χ3v) is 7.24. The maximum Gasteiger partial charge on any atom is 0.433 e. The third kappa shape index (κ3) is 5.26. The summed E-state index contributed by atoms with van der Waals surface area (Å²) < 4.78 is 92.9. The van der Waals surface area contributed by atoms with Crippen molar-refractivity contribution in [1.82, 2.24) is 19.3 Å². The van der Waals surface area contributed by atoms with Crippen molar-refractivity contribution in [2.45, 2.75) is 56.3 Å². The van der Waals surface area contributed by atoms with Crippen molar-refractivity contribution < 1.29 is 30.4 Å². The van der Waals surface area contributed by atoms with Crippen molar-refractivity contribution in [3.63, 3.8) is 0 Å². The molecule has 3 heterocycles. The number of nitrogens with one attached hydrogen (secondary N) is 2. The number of pyridine rings is 1. The van der Waals surface area contributed by atoms with Gasteiger partial charge in [-0.2, -0.15) is 13.2 Å². The van der Waals surface area contributed by atoms with E-state index in [0.717, 1.165) is 12.3 Å². The molecule has 2 aromatic rings. The summed E-state index contributed by atoms with van der Waals surface area (Å²) in [7, 11) is -3.29. The van der Waals surface area contributed by atoms with Gasteiger partial charge in [-0.1, -0.05) is 0 Å². The zero-order chi connectivity index (χ0) is 24.0. The second-order valence-corrected chi connectivity index (χ2v) is 10.4. The van der Waals surface area contributed by atoms with Gasteiger partial charge in [0.2, 0.25) is 16.0 Å². The van der Waals surface area contributed by atoms with Gasteiger partial charge in [-0.25, -0.2) is 36.5 Å². The fraction of sp³-hybridized carbons (Fsp3) is 0.632. The number of aromatic nitrogens is 3. The summed E-state index contributed by atoms with van der Waals surface area (Å²) >= 11 is 0. The predicted molar refractivity (Wildman–Crippen MR) is 112 cm³/mol. The highest BCUT2D eigenvalue weighted by Gasteiger charge is 2.44. The van der Waals surface area contributed by atoms with Crippen molar-refractivity contribution in [3.8, 4) is 0 Å². The Hall–Kier alpha value is -2.35. The number of hydrogen-bond donors (Lipinski definition) is 2. The lowest BCUT2D eigenvalue weighted by molar-refractivity contribution is -0.141. The molecule has 0 spiro atoms. The summed E-state index contributed by atoms with van der Waals surface area (Å²) in [5.74, 6) is -3.34. The highest BCUT2D eigenvalue weighted by Crippen LogP contribution is 2.39. The first-order valence-corrected chi connectivity index (χ1v) is 12.3. The maximum absolute atomic E-state index is 14.1. The lowest BCUT2D eigenvalue weighted by Crippen LogP contribution is -2.42. The predicted octanol–water partition coefficient (Wildman–Crippen LogP) is 3.48. The van der Waals surface area contributed by atoms with Gasteiger partial charge in [0.1, 0.15) is 11.2 Å². The monoisotopic (exact) mass is 494 g/mol. The zero-order valence-corrected chi connectivity index (χ0v) is 18.5. The van der Waals surface area contributed by atoms with Crippen molar-refractivity contribution in [2.24, 2.45) is 0 Å². The molecule has 182 valence electrons. The minimum Gasteiger partial charge on any atom is -0.359 e. The molecule has 2 aliphatic rings. The van der Waals surface area contributed by atoms with Crippen molar-refractivity contribution in [2.75, 3.05) is 30.0 Å². The summed E-state index contributed by atoms with van der Waals surface area (Å²) in [4.78, 5) is 11.9. The Morgan fingerprint density at radius 2 is 1.82 bits per heavy atom. The number of piperidine rings is 1. The van der Waals surface area contributed by atoms with Crippen LogP contribution in [-0.2, 0) is 16.2 Å². The number of nitrogens with zero attached hydrogens (tertiary/aromatic N) is 4. The Balaban J connectivity index is 1.62. The molecular weight excluding hydrogens is 471 g/mol. The minimum absolute atomic E-state index is 0.00299. The SMILES string of the molecule is CS(=O)(=O)N1CCC(Nc2ncc3cc(C(F)(F)F)nc(NC4CCCC4(F)F)c3n2)CC1. The molecule has 1 aliphatic carbocycles. The number of fused-ring (bicyclic) bond motifs is 1. The van der Waals surface area contributed by atoms with Gasteiger partial charge >= 0.3 is 6.18 Å². The van der Waals surface area contributed by atoms with E-state index in [-0.39, 0.29) is 48.0 Å². The first-order chi connectivity index (χ1) is 15.3. The first kappa shape index (κ1) is 23.8. The zero-order valence-electron chi connectivity index (χ0n) is 17.7. The standard InChI is InChI=1S/C19H23F5N6O2S/c1-33(31,32)30-7-4-12(5-8-30)26-17-25-10-11-9-14(19(22,23)24)28-16(15(11)29-17)27-13-3-2-6-18(13,20)21/h9-10,12-13H,2-8H2,1H3,(H,27,28)(H,25,26,29). The molecule has 8 nitrogen and oxygen atoms in total. The average molecular weight is 494 g/mol. The summed E-state index contributed by atoms with van der Waals surface area (Å²) in [6, 6.07) is -0.719. The average Bonchev–Trinajstić information content (AvgIpc) is 3.05. The highest BCUT2D eigenvalue weighted by atomic mass is 32.2. The van der Waals surface area contributed by atoms with E-state index in [1.54, 1.807) is 0 Å². The van der Waals surface area contributed by atoms with E-state index in [4.69, 9.17) is 0 Å². The van der Waals surface area contributed by atoms with Crippen molar-refractivity contribution in [3.05, 3.63) is 18.0 Å². The molecule has 2 fully saturated rings. The molecule has 1 saturated carbocycles. The lowest BCUT2D eigenvalue weighted by Gasteiger charge is -2.30. The van der Waals surface area contributed by atoms with E-state index in [1.807, 2.05) is 0 Å². The molecular formula is C19H23F5N6O2S. The largest absolute Gasteiger partial charge is 0.433 e. The normalized spacial score (nSPS) is 22.5. The van der Waals surface area contributed by atoms with Crippen LogP contribution in [0.25, 0.3) is 10.9 Å². The van der Waals surface area contributed by atoms with Gasteiger partial charge < -0.3 is 10.6 Å². The molecule has 2 N–H and O–H groups in total. The van der Waals surface area contributed by atoms with Crippen LogP contribution in [0.15, 0.2) is 12.3 Å². The van der Waals surface area contributed by atoms with E-state index in [0.29, 0.717) is 25.9 Å². The quantitative estimate of drug-likeness (QED) is 0.614. The van der Waals surface area contributed by atoms with E-state index in [9.17, 15) is 30.4 Å². The number of halogens is 5. The number of anilines is 2. The van der Waals surface area contributed by atoms with Crippen LogP contribution < -0.4 is 10.6 Å². The molecule has 0 radical (unpaired) electrons. The van der Waals surface area contributed by atoms with E-state index in [2.05, 4.69) is 25.6 Å². The van der Waals surface area contributed by atoms with Crippen LogP contribution in [0.1, 0.15) is 37.8 Å². The number of alkyl halides is 5. The third-order valence-electron chi connectivity index (χ3n) is 5.94. The van der Waals surface area contributed by atoms with Crippen LogP contribution in [0, 0.1) is 0 Å². The minimum atomic E-state index is -4.77. The summed E-state index contributed by atoms with van der Waals surface area (Å²) in [6.07, 6.45) is -1.48. The Labute approximate surface area is 187 Å². The Bertz CT molecular complexity index is 1140. The van der Waals surface area contributed by atoms with Gasteiger partial charge in [0.25, 0.3) is 5.92 Å². The Morgan fingerprint density at radius 3 is 2.39 bits per heavy atom. The van der Waals surface area contributed by atoms with Gasteiger partial charge in [0.05, 0.1) is 12.3 Å². The molecule has 0 aromatic carbocycles.